The number of fused-ring (bicyclic) bond motifs is 1. The van der Waals surface area contributed by atoms with E-state index in [0.29, 0.717) is 5.56 Å². The van der Waals surface area contributed by atoms with E-state index in [1.165, 1.54) is 11.3 Å². The molecule has 1 atom stereocenters. The number of amides is 2. The molecule has 3 heterocycles. The molecule has 8 heteroatoms. The van der Waals surface area contributed by atoms with E-state index in [9.17, 15) is 4.79 Å². The van der Waals surface area contributed by atoms with Crippen LogP contribution in [0.5, 0.6) is 0 Å². The molecule has 2 aromatic carbocycles. The fourth-order valence-electron chi connectivity index (χ4n) is 3.84. The minimum absolute atomic E-state index is 0.262. The van der Waals surface area contributed by atoms with Crippen molar-refractivity contribution < 1.29 is 4.79 Å². The monoisotopic (exact) mass is 426 g/mol. The zero-order valence-electron chi connectivity index (χ0n) is 16.9. The maximum absolute atomic E-state index is 12.3. The van der Waals surface area contributed by atoms with Gasteiger partial charge in [-0.3, -0.25) is 0 Å². The van der Waals surface area contributed by atoms with Crippen LogP contribution in [0.25, 0.3) is 27.9 Å². The highest BCUT2D eigenvalue weighted by atomic mass is 32.1. The Balaban J connectivity index is 1.59. The van der Waals surface area contributed by atoms with E-state index < -0.39 is 6.04 Å². The number of hydrogen-bond acceptors (Lipinski definition) is 5. The molecular weight excluding hydrogens is 408 g/mol. The van der Waals surface area contributed by atoms with Gasteiger partial charge in [-0.05, 0) is 31.2 Å². The Labute approximate surface area is 182 Å². The summed E-state index contributed by atoms with van der Waals surface area (Å²) in [5.74, 6) is 0.750. The van der Waals surface area contributed by atoms with Gasteiger partial charge in [-0.15, -0.1) is 11.3 Å². The average molecular weight is 427 g/mol. The fraction of sp³-hybridized carbons (Fsp3) is 0.130. The fourth-order valence-corrected chi connectivity index (χ4v) is 4.80. The summed E-state index contributed by atoms with van der Waals surface area (Å²) in [6.07, 6.45) is 0. The van der Waals surface area contributed by atoms with E-state index in [1.807, 2.05) is 60.3 Å². The van der Waals surface area contributed by atoms with Gasteiger partial charge in [0.1, 0.15) is 16.9 Å². The Kier molecular flexibility index (Phi) is 4.53. The molecule has 0 radical (unpaired) electrons. The number of urea groups is 1. The SMILES string of the molecule is CC1=C(c2nc(-c3ccc(C#N)cc3)cs2)C(c2nc3ccccc3n2C)NC(=O)N1. The predicted molar refractivity (Wildman–Crippen MR) is 120 cm³/mol. The molecule has 0 bridgehead atoms. The number of carbonyl (C=O) groups is 1. The molecule has 0 fully saturated rings. The first-order chi connectivity index (χ1) is 15.0. The Morgan fingerprint density at radius 2 is 1.90 bits per heavy atom. The zero-order valence-corrected chi connectivity index (χ0v) is 17.7. The summed E-state index contributed by atoms with van der Waals surface area (Å²) in [7, 11) is 1.95. The van der Waals surface area contributed by atoms with Crippen molar-refractivity contribution in [2.24, 2.45) is 7.05 Å². The van der Waals surface area contributed by atoms with E-state index in [2.05, 4.69) is 16.7 Å². The minimum atomic E-state index is -0.425. The number of nitriles is 1. The quantitative estimate of drug-likeness (QED) is 0.509. The van der Waals surface area contributed by atoms with Gasteiger partial charge in [-0.1, -0.05) is 24.3 Å². The van der Waals surface area contributed by atoms with Gasteiger partial charge in [0.25, 0.3) is 0 Å². The van der Waals surface area contributed by atoms with E-state index in [0.717, 1.165) is 44.4 Å². The molecule has 2 N–H and O–H groups in total. The lowest BCUT2D eigenvalue weighted by molar-refractivity contribution is 0.239. The topological polar surface area (TPSA) is 95.6 Å². The summed E-state index contributed by atoms with van der Waals surface area (Å²) in [4.78, 5) is 22.0. The van der Waals surface area contributed by atoms with Crippen LogP contribution in [0.2, 0.25) is 0 Å². The van der Waals surface area contributed by atoms with Crippen LogP contribution in [0.15, 0.2) is 59.6 Å². The standard InChI is InChI=1S/C23H18N6OS/c1-13-19(22-27-17(12-31-22)15-9-7-14(11-24)8-10-15)20(28-23(30)25-13)21-26-16-5-3-4-6-18(16)29(21)2/h3-10,12,20H,1-2H3,(H2,25,28,30). The smallest absolute Gasteiger partial charge is 0.319 e. The van der Waals surface area contributed by atoms with Crippen LogP contribution in [0.3, 0.4) is 0 Å². The Morgan fingerprint density at radius 1 is 1.13 bits per heavy atom. The number of aromatic nitrogens is 3. The first-order valence-electron chi connectivity index (χ1n) is 9.71. The zero-order chi connectivity index (χ0) is 21.5. The number of nitrogens with zero attached hydrogens (tertiary/aromatic N) is 4. The van der Waals surface area contributed by atoms with Gasteiger partial charge in [-0.25, -0.2) is 14.8 Å². The molecule has 2 aromatic heterocycles. The number of hydrogen-bond donors (Lipinski definition) is 2. The van der Waals surface area contributed by atoms with Crippen LogP contribution >= 0.6 is 11.3 Å². The first-order valence-corrected chi connectivity index (χ1v) is 10.6. The number of benzene rings is 2. The molecular formula is C23H18N6OS. The van der Waals surface area contributed by atoms with E-state index in [-0.39, 0.29) is 6.03 Å². The second-order valence-electron chi connectivity index (χ2n) is 7.31. The summed E-state index contributed by atoms with van der Waals surface area (Å²) in [6.45, 7) is 1.88. The van der Waals surface area contributed by atoms with Crippen LogP contribution in [0, 0.1) is 11.3 Å². The Bertz CT molecular complexity index is 1390. The number of allylic oxidation sites excluding steroid dienone is 1. The number of thiazole rings is 1. The van der Waals surface area contributed by atoms with E-state index in [4.69, 9.17) is 15.2 Å². The van der Waals surface area contributed by atoms with Crippen molar-refractivity contribution in [1.82, 2.24) is 25.2 Å². The Hall–Kier alpha value is -3.96. The molecule has 0 aliphatic carbocycles. The number of nitrogens with one attached hydrogen (secondary N) is 2. The molecule has 31 heavy (non-hydrogen) atoms. The summed E-state index contributed by atoms with van der Waals surface area (Å²) < 4.78 is 2.01. The summed E-state index contributed by atoms with van der Waals surface area (Å²) in [6, 6.07) is 16.7. The minimum Gasteiger partial charge on any atom is -0.329 e. The lowest BCUT2D eigenvalue weighted by Crippen LogP contribution is -2.43. The summed E-state index contributed by atoms with van der Waals surface area (Å²) in [5, 5.41) is 17.7. The molecule has 0 spiro atoms. The summed E-state index contributed by atoms with van der Waals surface area (Å²) >= 11 is 1.51. The van der Waals surface area contributed by atoms with Crippen LogP contribution in [-0.2, 0) is 7.05 Å². The normalized spacial score (nSPS) is 16.2. The van der Waals surface area contributed by atoms with Crippen molar-refractivity contribution in [3.63, 3.8) is 0 Å². The first kappa shape index (κ1) is 19.0. The van der Waals surface area contributed by atoms with Crippen molar-refractivity contribution in [3.05, 3.63) is 76.0 Å². The molecule has 0 saturated heterocycles. The second-order valence-corrected chi connectivity index (χ2v) is 8.17. The van der Waals surface area contributed by atoms with E-state index in [1.54, 1.807) is 12.1 Å². The number of para-hydroxylation sites is 2. The number of rotatable bonds is 3. The van der Waals surface area contributed by atoms with Gasteiger partial charge in [-0.2, -0.15) is 5.26 Å². The van der Waals surface area contributed by atoms with Crippen molar-refractivity contribution in [3.8, 4) is 17.3 Å². The predicted octanol–water partition coefficient (Wildman–Crippen LogP) is 4.35. The second kappa shape index (κ2) is 7.38. The number of aryl methyl sites for hydroxylation is 1. The van der Waals surface area contributed by atoms with Crippen LogP contribution in [0.4, 0.5) is 4.79 Å². The largest absolute Gasteiger partial charge is 0.329 e. The maximum atomic E-state index is 12.3. The number of imidazole rings is 1. The van der Waals surface area contributed by atoms with Crippen molar-refractivity contribution >= 4 is 34.0 Å². The highest BCUT2D eigenvalue weighted by Gasteiger charge is 2.32. The van der Waals surface area contributed by atoms with Gasteiger partial charge in [0.05, 0.1) is 28.4 Å². The molecule has 5 rings (SSSR count). The van der Waals surface area contributed by atoms with Crippen molar-refractivity contribution in [2.45, 2.75) is 13.0 Å². The molecule has 1 aliphatic rings. The van der Waals surface area contributed by atoms with Crippen LogP contribution in [0.1, 0.15) is 29.4 Å². The molecule has 2 amide bonds. The average Bonchev–Trinajstić information content (AvgIpc) is 3.39. The third-order valence-corrected chi connectivity index (χ3v) is 6.27. The third kappa shape index (κ3) is 3.25. The third-order valence-electron chi connectivity index (χ3n) is 5.39. The van der Waals surface area contributed by atoms with Crippen molar-refractivity contribution in [2.75, 3.05) is 0 Å². The van der Waals surface area contributed by atoms with Gasteiger partial charge >= 0.3 is 6.03 Å². The molecule has 152 valence electrons. The highest BCUT2D eigenvalue weighted by Crippen LogP contribution is 2.37. The lowest BCUT2D eigenvalue weighted by Gasteiger charge is -2.27. The van der Waals surface area contributed by atoms with Gasteiger partial charge < -0.3 is 15.2 Å². The Morgan fingerprint density at radius 3 is 2.65 bits per heavy atom. The van der Waals surface area contributed by atoms with Gasteiger partial charge in [0.15, 0.2) is 0 Å². The van der Waals surface area contributed by atoms with Crippen LogP contribution in [-0.4, -0.2) is 20.6 Å². The molecule has 1 aliphatic heterocycles. The molecule has 0 saturated carbocycles. The maximum Gasteiger partial charge on any atom is 0.319 e. The summed E-state index contributed by atoms with van der Waals surface area (Å²) in [5.41, 5.74) is 5.89. The molecule has 1 unspecified atom stereocenters. The molecule has 7 nitrogen and oxygen atoms in total. The van der Waals surface area contributed by atoms with Gasteiger partial charge in [0.2, 0.25) is 0 Å². The van der Waals surface area contributed by atoms with E-state index >= 15 is 0 Å². The van der Waals surface area contributed by atoms with Gasteiger partial charge in [0, 0.05) is 29.3 Å². The lowest BCUT2D eigenvalue weighted by atomic mass is 10.0. The highest BCUT2D eigenvalue weighted by molar-refractivity contribution is 7.11. The van der Waals surface area contributed by atoms with Crippen LogP contribution < -0.4 is 10.6 Å². The van der Waals surface area contributed by atoms with Crippen molar-refractivity contribution in [1.29, 1.82) is 5.26 Å². The molecule has 4 aromatic rings. The number of carbonyl (C=O) groups excluding carboxylic acids is 1.